The molecule has 0 atom stereocenters. The van der Waals surface area contributed by atoms with Crippen molar-refractivity contribution in [3.63, 3.8) is 0 Å². The minimum Gasteiger partial charge on any atom is -0.294 e. The molecule has 0 amide bonds. The molecule has 0 radical (unpaired) electrons. The number of rotatable bonds is 3. The maximum absolute atomic E-state index is 12.6. The predicted octanol–water partition coefficient (Wildman–Crippen LogP) is 3.26. The Kier molecular flexibility index (Phi) is 3.73. The molecule has 0 aromatic heterocycles. The minimum atomic E-state index is -2.63. The number of alkyl halides is 2. The highest BCUT2D eigenvalue weighted by Gasteiger charge is 2.16. The number of aryl methyl sites for hydroxylation is 1. The molecule has 0 fully saturated rings. The standard InChI is InChI=1S/C12H11F2NO/c1-3-8-4-9(12(13)14)5-10(7(2)16)11(8)6-15/h4-5,12H,3H2,1-2H3. The molecule has 0 aliphatic rings. The fourth-order valence-electron chi connectivity index (χ4n) is 1.54. The van der Waals surface area contributed by atoms with E-state index in [-0.39, 0.29) is 22.5 Å². The van der Waals surface area contributed by atoms with Crippen molar-refractivity contribution in [3.8, 4) is 6.07 Å². The van der Waals surface area contributed by atoms with Crippen molar-refractivity contribution in [2.45, 2.75) is 26.7 Å². The van der Waals surface area contributed by atoms with Crippen LogP contribution in [0.1, 0.15) is 47.3 Å². The second-order valence-corrected chi connectivity index (χ2v) is 3.42. The van der Waals surface area contributed by atoms with Gasteiger partial charge in [0, 0.05) is 11.1 Å². The third kappa shape index (κ3) is 2.25. The first-order chi connectivity index (χ1) is 7.51. The lowest BCUT2D eigenvalue weighted by atomic mass is 9.95. The molecule has 1 rings (SSSR count). The van der Waals surface area contributed by atoms with E-state index in [0.29, 0.717) is 12.0 Å². The summed E-state index contributed by atoms with van der Waals surface area (Å²) in [4.78, 5) is 11.3. The summed E-state index contributed by atoms with van der Waals surface area (Å²) in [7, 11) is 0. The van der Waals surface area contributed by atoms with Gasteiger partial charge in [-0.25, -0.2) is 8.78 Å². The molecular weight excluding hydrogens is 212 g/mol. The largest absolute Gasteiger partial charge is 0.294 e. The molecule has 16 heavy (non-hydrogen) atoms. The molecule has 1 aromatic rings. The smallest absolute Gasteiger partial charge is 0.263 e. The number of nitriles is 1. The molecule has 0 aliphatic carbocycles. The molecule has 0 unspecified atom stereocenters. The summed E-state index contributed by atoms with van der Waals surface area (Å²) in [5.74, 6) is -0.367. The van der Waals surface area contributed by atoms with Crippen LogP contribution in [-0.2, 0) is 6.42 Å². The molecule has 1 aromatic carbocycles. The summed E-state index contributed by atoms with van der Waals surface area (Å²) in [6, 6.07) is 4.29. The number of benzene rings is 1. The summed E-state index contributed by atoms with van der Waals surface area (Å²) in [5.41, 5.74) is 0.572. The summed E-state index contributed by atoms with van der Waals surface area (Å²) >= 11 is 0. The van der Waals surface area contributed by atoms with Crippen LogP contribution in [0, 0.1) is 11.3 Å². The van der Waals surface area contributed by atoms with E-state index >= 15 is 0 Å². The third-order valence-electron chi connectivity index (χ3n) is 2.37. The number of carbonyl (C=O) groups is 1. The Hall–Kier alpha value is -1.76. The third-order valence-corrected chi connectivity index (χ3v) is 2.37. The molecule has 4 heteroatoms. The van der Waals surface area contributed by atoms with Crippen LogP contribution in [0.25, 0.3) is 0 Å². The van der Waals surface area contributed by atoms with Crippen LogP contribution in [0.15, 0.2) is 12.1 Å². The lowest BCUT2D eigenvalue weighted by molar-refractivity contribution is 0.101. The number of ketones is 1. The highest BCUT2D eigenvalue weighted by molar-refractivity contribution is 5.97. The SMILES string of the molecule is CCc1cc(C(F)F)cc(C(C)=O)c1C#N. The molecule has 84 valence electrons. The van der Waals surface area contributed by atoms with Gasteiger partial charge in [-0.1, -0.05) is 6.92 Å². The molecule has 0 saturated carbocycles. The second kappa shape index (κ2) is 4.84. The Labute approximate surface area is 92.5 Å². The zero-order valence-corrected chi connectivity index (χ0v) is 9.05. The minimum absolute atomic E-state index is 0.0807. The van der Waals surface area contributed by atoms with Crippen LogP contribution < -0.4 is 0 Å². The Balaban J connectivity index is 3.51. The van der Waals surface area contributed by atoms with Crippen LogP contribution in [0.3, 0.4) is 0 Å². The van der Waals surface area contributed by atoms with E-state index in [1.165, 1.54) is 13.0 Å². The van der Waals surface area contributed by atoms with E-state index in [1.54, 1.807) is 6.92 Å². The van der Waals surface area contributed by atoms with E-state index in [2.05, 4.69) is 0 Å². The summed E-state index contributed by atoms with van der Waals surface area (Å²) in [6.45, 7) is 3.03. The fraction of sp³-hybridized carbons (Fsp3) is 0.333. The van der Waals surface area contributed by atoms with Crippen molar-refractivity contribution in [2.75, 3.05) is 0 Å². The Morgan fingerprint density at radius 2 is 2.12 bits per heavy atom. The average molecular weight is 223 g/mol. The summed E-state index contributed by atoms with van der Waals surface area (Å²) < 4.78 is 25.1. The van der Waals surface area contributed by atoms with Crippen molar-refractivity contribution < 1.29 is 13.6 Å². The van der Waals surface area contributed by atoms with E-state index in [1.807, 2.05) is 6.07 Å². The van der Waals surface area contributed by atoms with E-state index in [0.717, 1.165) is 6.07 Å². The van der Waals surface area contributed by atoms with Crippen LogP contribution >= 0.6 is 0 Å². The Morgan fingerprint density at radius 3 is 2.50 bits per heavy atom. The molecule has 0 heterocycles. The van der Waals surface area contributed by atoms with Gasteiger partial charge in [0.05, 0.1) is 5.56 Å². The van der Waals surface area contributed by atoms with Gasteiger partial charge in [0.15, 0.2) is 5.78 Å². The van der Waals surface area contributed by atoms with Gasteiger partial charge >= 0.3 is 0 Å². The van der Waals surface area contributed by atoms with E-state index in [4.69, 9.17) is 5.26 Å². The highest BCUT2D eigenvalue weighted by Crippen LogP contribution is 2.25. The number of nitrogens with zero attached hydrogens (tertiary/aromatic N) is 1. The van der Waals surface area contributed by atoms with Gasteiger partial charge in [-0.05, 0) is 31.0 Å². The first-order valence-corrected chi connectivity index (χ1v) is 4.87. The molecule has 0 saturated heterocycles. The number of halogens is 2. The quantitative estimate of drug-likeness (QED) is 0.738. The second-order valence-electron chi connectivity index (χ2n) is 3.42. The average Bonchev–Trinajstić information content (AvgIpc) is 2.26. The van der Waals surface area contributed by atoms with Crippen molar-refractivity contribution >= 4 is 5.78 Å². The Bertz CT molecular complexity index is 461. The zero-order chi connectivity index (χ0) is 12.3. The van der Waals surface area contributed by atoms with Crippen LogP contribution in [0.2, 0.25) is 0 Å². The summed E-state index contributed by atoms with van der Waals surface area (Å²) in [5, 5.41) is 8.92. The first kappa shape index (κ1) is 12.3. The lowest BCUT2D eigenvalue weighted by Gasteiger charge is -2.09. The van der Waals surface area contributed by atoms with E-state index in [9.17, 15) is 13.6 Å². The van der Waals surface area contributed by atoms with Crippen LogP contribution in [-0.4, -0.2) is 5.78 Å². The van der Waals surface area contributed by atoms with Gasteiger partial charge in [-0.3, -0.25) is 4.79 Å². The topological polar surface area (TPSA) is 40.9 Å². The van der Waals surface area contributed by atoms with Crippen molar-refractivity contribution in [1.29, 1.82) is 5.26 Å². The van der Waals surface area contributed by atoms with Gasteiger partial charge in [-0.15, -0.1) is 0 Å². The number of hydrogen-bond acceptors (Lipinski definition) is 2. The van der Waals surface area contributed by atoms with Crippen LogP contribution in [0.4, 0.5) is 8.78 Å². The van der Waals surface area contributed by atoms with Crippen LogP contribution in [0.5, 0.6) is 0 Å². The zero-order valence-electron chi connectivity index (χ0n) is 9.05. The number of hydrogen-bond donors (Lipinski definition) is 0. The van der Waals surface area contributed by atoms with Gasteiger partial charge in [0.1, 0.15) is 6.07 Å². The monoisotopic (exact) mass is 223 g/mol. The highest BCUT2D eigenvalue weighted by atomic mass is 19.3. The van der Waals surface area contributed by atoms with Crippen molar-refractivity contribution in [2.24, 2.45) is 0 Å². The fourth-order valence-corrected chi connectivity index (χ4v) is 1.54. The van der Waals surface area contributed by atoms with E-state index < -0.39 is 6.43 Å². The predicted molar refractivity (Wildman–Crippen MR) is 55.5 cm³/mol. The number of carbonyl (C=O) groups excluding carboxylic acids is 1. The van der Waals surface area contributed by atoms with Gasteiger partial charge in [0.2, 0.25) is 0 Å². The van der Waals surface area contributed by atoms with Gasteiger partial charge < -0.3 is 0 Å². The van der Waals surface area contributed by atoms with Crippen molar-refractivity contribution in [1.82, 2.24) is 0 Å². The molecule has 0 bridgehead atoms. The maximum atomic E-state index is 12.6. The maximum Gasteiger partial charge on any atom is 0.263 e. The van der Waals surface area contributed by atoms with Gasteiger partial charge in [-0.2, -0.15) is 5.26 Å². The number of Topliss-reactive ketones (excluding diaryl/α,β-unsaturated/α-hetero) is 1. The first-order valence-electron chi connectivity index (χ1n) is 4.87. The Morgan fingerprint density at radius 1 is 1.50 bits per heavy atom. The molecule has 0 N–H and O–H groups in total. The normalized spacial score (nSPS) is 10.2. The summed E-state index contributed by atoms with van der Waals surface area (Å²) in [6.07, 6.45) is -2.18. The van der Waals surface area contributed by atoms with Gasteiger partial charge in [0.25, 0.3) is 6.43 Å². The lowest BCUT2D eigenvalue weighted by Crippen LogP contribution is -2.03. The molecular formula is C12H11F2NO. The molecule has 2 nitrogen and oxygen atoms in total. The van der Waals surface area contributed by atoms with Crippen molar-refractivity contribution in [3.05, 3.63) is 34.4 Å². The molecule has 0 aliphatic heterocycles. The molecule has 0 spiro atoms.